The Hall–Kier alpha value is -1.42. The molecule has 1 amide bonds. The molecule has 2 atom stereocenters. The summed E-state index contributed by atoms with van der Waals surface area (Å²) in [6.45, 7) is 5.78. The average Bonchev–Trinajstić information content (AvgIpc) is 2.28. The maximum Gasteiger partial charge on any atom is 0.237 e. The minimum atomic E-state index is -0.459. The molecule has 0 aromatic carbocycles. The van der Waals surface area contributed by atoms with Gasteiger partial charge in [-0.05, 0) is 24.5 Å². The zero-order chi connectivity index (χ0) is 12.1. The quantitative estimate of drug-likeness (QED) is 0.803. The Kier molecular flexibility index (Phi) is 4.43. The minimum absolute atomic E-state index is 0.0639. The number of nitrogens with one attached hydrogen (secondary N) is 1. The van der Waals surface area contributed by atoms with Crippen molar-refractivity contribution in [2.24, 2.45) is 11.7 Å². The highest BCUT2D eigenvalue weighted by Gasteiger charge is 2.19. The maximum absolute atomic E-state index is 11.7. The molecular weight excluding hydrogens is 202 g/mol. The van der Waals surface area contributed by atoms with E-state index >= 15 is 0 Å². The van der Waals surface area contributed by atoms with E-state index in [4.69, 9.17) is 5.73 Å². The second kappa shape index (κ2) is 5.61. The fourth-order valence-electron chi connectivity index (χ4n) is 1.33. The molecule has 0 saturated heterocycles. The van der Waals surface area contributed by atoms with Gasteiger partial charge in [-0.2, -0.15) is 0 Å². The van der Waals surface area contributed by atoms with Gasteiger partial charge in [-0.3, -0.25) is 9.78 Å². The van der Waals surface area contributed by atoms with Crippen LogP contribution >= 0.6 is 0 Å². The van der Waals surface area contributed by atoms with E-state index in [1.807, 2.05) is 32.9 Å². The van der Waals surface area contributed by atoms with Gasteiger partial charge in [0.05, 0.1) is 12.1 Å². The third kappa shape index (κ3) is 3.31. The molecule has 0 aliphatic heterocycles. The standard InChI is InChI=1S/C12H19N3O/c1-8(2)11(13)12(16)15-9(3)10-5-4-6-14-7-10/h4-9,11H,13H2,1-3H3,(H,15,16)/t9?,11-/m1/s1. The van der Waals surface area contributed by atoms with Gasteiger partial charge < -0.3 is 11.1 Å². The SMILES string of the molecule is CC(NC(=O)[C@H](N)C(C)C)c1cccnc1. The van der Waals surface area contributed by atoms with Crippen molar-refractivity contribution in [2.75, 3.05) is 0 Å². The van der Waals surface area contributed by atoms with Crippen LogP contribution in [0.2, 0.25) is 0 Å². The van der Waals surface area contributed by atoms with Crippen LogP contribution in [0, 0.1) is 5.92 Å². The fourth-order valence-corrected chi connectivity index (χ4v) is 1.33. The summed E-state index contributed by atoms with van der Waals surface area (Å²) < 4.78 is 0. The lowest BCUT2D eigenvalue weighted by molar-refractivity contribution is -0.123. The van der Waals surface area contributed by atoms with Crippen molar-refractivity contribution in [3.05, 3.63) is 30.1 Å². The number of pyridine rings is 1. The molecule has 1 unspecified atom stereocenters. The lowest BCUT2D eigenvalue weighted by Gasteiger charge is -2.19. The summed E-state index contributed by atoms with van der Waals surface area (Å²) in [7, 11) is 0. The number of amides is 1. The van der Waals surface area contributed by atoms with Crippen LogP contribution in [0.15, 0.2) is 24.5 Å². The van der Waals surface area contributed by atoms with Gasteiger partial charge >= 0.3 is 0 Å². The molecule has 1 aromatic heterocycles. The smallest absolute Gasteiger partial charge is 0.237 e. The van der Waals surface area contributed by atoms with Crippen molar-refractivity contribution >= 4 is 5.91 Å². The number of rotatable bonds is 4. The second-order valence-corrected chi connectivity index (χ2v) is 4.29. The van der Waals surface area contributed by atoms with Gasteiger partial charge in [-0.1, -0.05) is 19.9 Å². The number of hydrogen-bond donors (Lipinski definition) is 2. The van der Waals surface area contributed by atoms with Crippen LogP contribution < -0.4 is 11.1 Å². The molecule has 1 aromatic rings. The Balaban J connectivity index is 2.58. The summed E-state index contributed by atoms with van der Waals surface area (Å²) >= 11 is 0. The van der Waals surface area contributed by atoms with Crippen LogP contribution in [0.4, 0.5) is 0 Å². The van der Waals surface area contributed by atoms with Crippen LogP contribution in [0.25, 0.3) is 0 Å². The largest absolute Gasteiger partial charge is 0.348 e. The molecule has 4 heteroatoms. The number of carbonyl (C=O) groups excluding carboxylic acids is 1. The average molecular weight is 221 g/mol. The number of nitrogens with zero attached hydrogens (tertiary/aromatic N) is 1. The molecule has 16 heavy (non-hydrogen) atoms. The number of aromatic nitrogens is 1. The zero-order valence-electron chi connectivity index (χ0n) is 9.97. The molecule has 0 spiro atoms. The Bertz CT molecular complexity index is 337. The molecule has 0 fully saturated rings. The van der Waals surface area contributed by atoms with Crippen LogP contribution in [-0.4, -0.2) is 16.9 Å². The van der Waals surface area contributed by atoms with E-state index in [2.05, 4.69) is 10.3 Å². The van der Waals surface area contributed by atoms with Gasteiger partial charge in [0.1, 0.15) is 0 Å². The lowest BCUT2D eigenvalue weighted by atomic mass is 10.0. The molecule has 3 N–H and O–H groups in total. The highest BCUT2D eigenvalue weighted by Crippen LogP contribution is 2.10. The van der Waals surface area contributed by atoms with E-state index in [1.165, 1.54) is 0 Å². The van der Waals surface area contributed by atoms with E-state index in [0.717, 1.165) is 5.56 Å². The van der Waals surface area contributed by atoms with Crippen LogP contribution in [-0.2, 0) is 4.79 Å². The topological polar surface area (TPSA) is 68.0 Å². The highest BCUT2D eigenvalue weighted by atomic mass is 16.2. The van der Waals surface area contributed by atoms with Gasteiger partial charge in [0.15, 0.2) is 0 Å². The minimum Gasteiger partial charge on any atom is -0.348 e. The summed E-state index contributed by atoms with van der Waals surface area (Å²) in [5.74, 6) is 0.0208. The predicted octanol–water partition coefficient (Wildman–Crippen LogP) is 1.24. The second-order valence-electron chi connectivity index (χ2n) is 4.29. The summed E-state index contributed by atoms with van der Waals surface area (Å²) in [6.07, 6.45) is 3.45. The van der Waals surface area contributed by atoms with Crippen molar-refractivity contribution in [1.82, 2.24) is 10.3 Å². The lowest BCUT2D eigenvalue weighted by Crippen LogP contribution is -2.44. The fraction of sp³-hybridized carbons (Fsp3) is 0.500. The first-order chi connectivity index (χ1) is 7.52. The Morgan fingerprint density at radius 3 is 2.62 bits per heavy atom. The summed E-state index contributed by atoms with van der Waals surface area (Å²) in [4.78, 5) is 15.7. The summed E-state index contributed by atoms with van der Waals surface area (Å²) in [5.41, 5.74) is 6.74. The molecule has 0 bridgehead atoms. The van der Waals surface area contributed by atoms with Gasteiger partial charge in [-0.15, -0.1) is 0 Å². The zero-order valence-corrected chi connectivity index (χ0v) is 9.97. The summed E-state index contributed by atoms with van der Waals surface area (Å²) in [6, 6.07) is 3.25. The third-order valence-electron chi connectivity index (χ3n) is 2.56. The van der Waals surface area contributed by atoms with Crippen molar-refractivity contribution in [3.8, 4) is 0 Å². The molecule has 1 rings (SSSR count). The highest BCUT2D eigenvalue weighted by molar-refractivity contribution is 5.82. The van der Waals surface area contributed by atoms with E-state index in [9.17, 15) is 4.79 Å². The Labute approximate surface area is 96.3 Å². The first-order valence-electron chi connectivity index (χ1n) is 5.48. The maximum atomic E-state index is 11.7. The van der Waals surface area contributed by atoms with Crippen molar-refractivity contribution in [1.29, 1.82) is 0 Å². The first kappa shape index (κ1) is 12.6. The van der Waals surface area contributed by atoms with Crippen molar-refractivity contribution < 1.29 is 4.79 Å². The summed E-state index contributed by atoms with van der Waals surface area (Å²) in [5, 5.41) is 2.87. The Morgan fingerprint density at radius 2 is 2.12 bits per heavy atom. The van der Waals surface area contributed by atoms with Gasteiger partial charge in [0.25, 0.3) is 0 Å². The van der Waals surface area contributed by atoms with E-state index < -0.39 is 6.04 Å². The molecule has 0 aliphatic carbocycles. The molecule has 0 saturated carbocycles. The third-order valence-corrected chi connectivity index (χ3v) is 2.56. The number of hydrogen-bond acceptors (Lipinski definition) is 3. The van der Waals surface area contributed by atoms with Gasteiger partial charge in [0.2, 0.25) is 5.91 Å². The van der Waals surface area contributed by atoms with Crippen molar-refractivity contribution in [2.45, 2.75) is 32.9 Å². The molecule has 1 heterocycles. The molecule has 0 aliphatic rings. The van der Waals surface area contributed by atoms with E-state index in [1.54, 1.807) is 12.4 Å². The number of nitrogens with two attached hydrogens (primary N) is 1. The van der Waals surface area contributed by atoms with Crippen LogP contribution in [0.3, 0.4) is 0 Å². The molecular formula is C12H19N3O. The molecule has 88 valence electrons. The van der Waals surface area contributed by atoms with Gasteiger partial charge in [-0.25, -0.2) is 0 Å². The normalized spacial score (nSPS) is 14.6. The van der Waals surface area contributed by atoms with E-state index in [0.29, 0.717) is 0 Å². The van der Waals surface area contributed by atoms with Crippen molar-refractivity contribution in [3.63, 3.8) is 0 Å². The molecule has 4 nitrogen and oxygen atoms in total. The van der Waals surface area contributed by atoms with Gasteiger partial charge in [0, 0.05) is 12.4 Å². The Morgan fingerprint density at radius 1 is 1.44 bits per heavy atom. The van der Waals surface area contributed by atoms with Crippen LogP contribution in [0.5, 0.6) is 0 Å². The number of carbonyl (C=O) groups is 1. The first-order valence-corrected chi connectivity index (χ1v) is 5.48. The van der Waals surface area contributed by atoms with E-state index in [-0.39, 0.29) is 17.9 Å². The molecule has 0 radical (unpaired) electrons. The monoisotopic (exact) mass is 221 g/mol. The predicted molar refractivity (Wildman–Crippen MR) is 63.6 cm³/mol. The van der Waals surface area contributed by atoms with Crippen LogP contribution in [0.1, 0.15) is 32.4 Å².